The Bertz CT molecular complexity index is 919. The number of amides is 1. The molecule has 2 aromatic carbocycles. The summed E-state index contributed by atoms with van der Waals surface area (Å²) in [6.07, 6.45) is 0. The van der Waals surface area contributed by atoms with Crippen LogP contribution in [-0.2, 0) is 13.1 Å². The molecule has 0 unspecified atom stereocenters. The number of nitrogens with two attached hydrogens (primary N) is 1. The molecule has 0 spiro atoms. The summed E-state index contributed by atoms with van der Waals surface area (Å²) in [4.78, 5) is 11.3. The summed E-state index contributed by atoms with van der Waals surface area (Å²) in [6.45, 7) is 0.106. The van der Waals surface area contributed by atoms with Crippen LogP contribution in [0.15, 0.2) is 36.4 Å². The smallest absolute Gasteiger partial charge is 0.274 e. The van der Waals surface area contributed by atoms with Gasteiger partial charge < -0.3 is 5.73 Å². The molecule has 0 bridgehead atoms. The molecule has 1 aromatic heterocycles. The molecule has 0 saturated carbocycles. The number of rotatable bonds is 5. The van der Waals surface area contributed by atoms with Crippen LogP contribution < -0.4 is 11.2 Å². The minimum absolute atomic E-state index is 0.278. The van der Waals surface area contributed by atoms with E-state index in [0.717, 1.165) is 17.7 Å². The van der Waals surface area contributed by atoms with Crippen LogP contribution in [0.25, 0.3) is 11.4 Å². The van der Waals surface area contributed by atoms with Gasteiger partial charge in [-0.2, -0.15) is 0 Å². The van der Waals surface area contributed by atoms with Crippen LogP contribution in [0.4, 0.5) is 8.78 Å². The van der Waals surface area contributed by atoms with E-state index in [1.54, 1.807) is 24.3 Å². The second-order valence-corrected chi connectivity index (χ2v) is 5.42. The molecular formula is C16H14F2N6O2. The van der Waals surface area contributed by atoms with Gasteiger partial charge in [0.2, 0.25) is 0 Å². The van der Waals surface area contributed by atoms with Gasteiger partial charge in [-0.15, -0.1) is 5.10 Å². The van der Waals surface area contributed by atoms with Gasteiger partial charge >= 0.3 is 0 Å². The summed E-state index contributed by atoms with van der Waals surface area (Å²) in [7, 11) is 0. The van der Waals surface area contributed by atoms with Gasteiger partial charge in [-0.05, 0) is 28.1 Å². The maximum absolute atomic E-state index is 14.2. The molecule has 0 atom stereocenters. The number of tetrazole rings is 1. The molecule has 3 rings (SSSR count). The maximum Gasteiger partial charge on any atom is 0.274 e. The first kappa shape index (κ1) is 17.6. The second kappa shape index (κ2) is 7.33. The van der Waals surface area contributed by atoms with E-state index in [0.29, 0.717) is 17.9 Å². The largest absolute Gasteiger partial charge is 0.326 e. The summed E-state index contributed by atoms with van der Waals surface area (Å²) in [6, 6.07) is 8.77. The Labute approximate surface area is 146 Å². The Hall–Kier alpha value is -3.24. The molecule has 1 amide bonds. The first-order valence-corrected chi connectivity index (χ1v) is 7.51. The number of benzene rings is 2. The van der Waals surface area contributed by atoms with E-state index in [2.05, 4.69) is 15.5 Å². The Morgan fingerprint density at radius 1 is 1.19 bits per heavy atom. The average molecular weight is 360 g/mol. The topological polar surface area (TPSA) is 119 Å². The van der Waals surface area contributed by atoms with Crippen molar-refractivity contribution in [2.24, 2.45) is 5.73 Å². The van der Waals surface area contributed by atoms with Crippen LogP contribution in [0.2, 0.25) is 0 Å². The fourth-order valence-electron chi connectivity index (χ4n) is 2.41. The van der Waals surface area contributed by atoms with Gasteiger partial charge in [0, 0.05) is 23.2 Å². The Morgan fingerprint density at radius 3 is 2.42 bits per heavy atom. The van der Waals surface area contributed by atoms with E-state index >= 15 is 0 Å². The number of carbonyl (C=O) groups is 1. The summed E-state index contributed by atoms with van der Waals surface area (Å²) >= 11 is 0. The number of halogens is 2. The van der Waals surface area contributed by atoms with Crippen LogP contribution in [0.1, 0.15) is 21.5 Å². The lowest BCUT2D eigenvalue weighted by Gasteiger charge is -2.09. The van der Waals surface area contributed by atoms with E-state index in [1.165, 1.54) is 10.2 Å². The van der Waals surface area contributed by atoms with Crippen LogP contribution >= 0.6 is 0 Å². The van der Waals surface area contributed by atoms with Crippen molar-refractivity contribution in [2.45, 2.75) is 13.1 Å². The number of hydrogen-bond acceptors (Lipinski definition) is 6. The van der Waals surface area contributed by atoms with Gasteiger partial charge in [-0.3, -0.25) is 10.0 Å². The summed E-state index contributed by atoms with van der Waals surface area (Å²) < 4.78 is 29.7. The molecule has 0 aliphatic heterocycles. The average Bonchev–Trinajstić information content (AvgIpc) is 3.12. The summed E-state index contributed by atoms with van der Waals surface area (Å²) in [5, 5.41) is 19.8. The van der Waals surface area contributed by atoms with Crippen LogP contribution in [0, 0.1) is 11.6 Å². The molecule has 1 heterocycles. The van der Waals surface area contributed by atoms with Crippen molar-refractivity contribution in [1.82, 2.24) is 25.7 Å². The van der Waals surface area contributed by atoms with Crippen LogP contribution in [0.3, 0.4) is 0 Å². The molecule has 8 nitrogen and oxygen atoms in total. The highest BCUT2D eigenvalue weighted by molar-refractivity contribution is 5.93. The standard InChI is InChI=1S/C16H14F2N6O2/c17-13-5-11(16(25)21-26)6-14(18)12(13)8-24-15(20-22-23-24)10-3-1-9(7-19)2-4-10/h1-6,26H,7-8,19H2,(H,21,25). The third kappa shape index (κ3) is 3.41. The van der Waals surface area contributed by atoms with Gasteiger partial charge in [0.15, 0.2) is 5.82 Å². The van der Waals surface area contributed by atoms with E-state index in [-0.39, 0.29) is 17.7 Å². The maximum atomic E-state index is 14.2. The van der Waals surface area contributed by atoms with Crippen molar-refractivity contribution in [1.29, 1.82) is 0 Å². The zero-order valence-corrected chi connectivity index (χ0v) is 13.4. The predicted molar refractivity (Wildman–Crippen MR) is 85.9 cm³/mol. The quantitative estimate of drug-likeness (QED) is 0.465. The summed E-state index contributed by atoms with van der Waals surface area (Å²) in [5.41, 5.74) is 7.79. The number of aromatic nitrogens is 4. The molecule has 0 aliphatic rings. The fourth-order valence-corrected chi connectivity index (χ4v) is 2.41. The Morgan fingerprint density at radius 2 is 1.85 bits per heavy atom. The summed E-state index contributed by atoms with van der Waals surface area (Å²) in [5.74, 6) is -2.60. The van der Waals surface area contributed by atoms with Gasteiger partial charge in [-0.1, -0.05) is 24.3 Å². The van der Waals surface area contributed by atoms with E-state index < -0.39 is 17.5 Å². The van der Waals surface area contributed by atoms with Crippen molar-refractivity contribution < 1.29 is 18.8 Å². The number of nitrogens with zero attached hydrogens (tertiary/aromatic N) is 4. The number of carbonyl (C=O) groups excluding carboxylic acids is 1. The third-order valence-corrected chi connectivity index (χ3v) is 3.79. The Kier molecular flexibility index (Phi) is 4.96. The highest BCUT2D eigenvalue weighted by atomic mass is 19.1. The van der Waals surface area contributed by atoms with Gasteiger partial charge in [-0.25, -0.2) is 18.9 Å². The normalized spacial score (nSPS) is 10.8. The van der Waals surface area contributed by atoms with Crippen molar-refractivity contribution in [3.8, 4) is 11.4 Å². The lowest BCUT2D eigenvalue weighted by atomic mass is 10.1. The van der Waals surface area contributed by atoms with Crippen LogP contribution in [0.5, 0.6) is 0 Å². The first-order valence-electron chi connectivity index (χ1n) is 7.51. The molecule has 10 heteroatoms. The third-order valence-electron chi connectivity index (χ3n) is 3.79. The van der Waals surface area contributed by atoms with E-state index in [4.69, 9.17) is 10.9 Å². The zero-order valence-electron chi connectivity index (χ0n) is 13.4. The SMILES string of the molecule is NCc1ccc(-c2nnnn2Cc2c(F)cc(C(=O)NO)cc2F)cc1. The van der Waals surface area contributed by atoms with Gasteiger partial charge in [0.1, 0.15) is 11.6 Å². The zero-order chi connectivity index (χ0) is 18.7. The number of hydroxylamine groups is 1. The molecule has 0 fully saturated rings. The monoisotopic (exact) mass is 360 g/mol. The molecule has 4 N–H and O–H groups in total. The van der Waals surface area contributed by atoms with Crippen molar-refractivity contribution in [3.63, 3.8) is 0 Å². The molecular weight excluding hydrogens is 346 g/mol. The lowest BCUT2D eigenvalue weighted by molar-refractivity contribution is 0.0705. The second-order valence-electron chi connectivity index (χ2n) is 5.42. The first-order chi connectivity index (χ1) is 12.5. The van der Waals surface area contributed by atoms with E-state index in [9.17, 15) is 13.6 Å². The molecule has 26 heavy (non-hydrogen) atoms. The highest BCUT2D eigenvalue weighted by Crippen LogP contribution is 2.21. The molecule has 134 valence electrons. The van der Waals surface area contributed by atoms with Crippen molar-refractivity contribution in [3.05, 3.63) is 64.7 Å². The Balaban J connectivity index is 1.93. The number of hydrogen-bond donors (Lipinski definition) is 3. The van der Waals surface area contributed by atoms with Gasteiger partial charge in [0.05, 0.1) is 6.54 Å². The van der Waals surface area contributed by atoms with Crippen molar-refractivity contribution >= 4 is 5.91 Å². The van der Waals surface area contributed by atoms with E-state index in [1.807, 2.05) is 0 Å². The van der Waals surface area contributed by atoms with Crippen LogP contribution in [-0.4, -0.2) is 31.3 Å². The number of nitrogens with one attached hydrogen (secondary N) is 1. The fraction of sp³-hybridized carbons (Fsp3) is 0.125. The lowest BCUT2D eigenvalue weighted by Crippen LogP contribution is -2.19. The van der Waals surface area contributed by atoms with Gasteiger partial charge in [0.25, 0.3) is 5.91 Å². The molecule has 0 radical (unpaired) electrons. The minimum Gasteiger partial charge on any atom is -0.326 e. The van der Waals surface area contributed by atoms with Crippen molar-refractivity contribution in [2.75, 3.05) is 0 Å². The molecule has 3 aromatic rings. The predicted octanol–water partition coefficient (Wildman–Crippen LogP) is 1.24. The molecule has 0 aliphatic carbocycles. The molecule has 0 saturated heterocycles. The minimum atomic E-state index is -1.02. The highest BCUT2D eigenvalue weighted by Gasteiger charge is 2.18.